The van der Waals surface area contributed by atoms with Crippen LogP contribution in [0.3, 0.4) is 0 Å². The minimum atomic E-state index is -4.61. The lowest BCUT2D eigenvalue weighted by Gasteiger charge is -2.39. The van der Waals surface area contributed by atoms with Crippen LogP contribution >= 0.6 is 11.6 Å². The number of nitrogens with one attached hydrogen (secondary N) is 3. The number of pyridine rings is 2. The molecule has 8 rings (SSSR count). The minimum Gasteiger partial charge on any atom is -0.455 e. The van der Waals surface area contributed by atoms with Gasteiger partial charge in [-0.1, -0.05) is 43.2 Å². The van der Waals surface area contributed by atoms with Crippen molar-refractivity contribution in [1.29, 1.82) is 0 Å². The Kier molecular flexibility index (Phi) is 12.3. The van der Waals surface area contributed by atoms with Crippen LogP contribution in [0.1, 0.15) is 61.9 Å². The molecule has 15 nitrogen and oxygen atoms in total. The van der Waals surface area contributed by atoms with Crippen LogP contribution in [-0.2, 0) is 14.8 Å². The molecule has 0 unspecified atom stereocenters. The van der Waals surface area contributed by atoms with E-state index in [1.54, 1.807) is 24.4 Å². The van der Waals surface area contributed by atoms with Gasteiger partial charge in [-0.3, -0.25) is 19.8 Å². The lowest BCUT2D eigenvalue weighted by atomic mass is 9.72. The minimum absolute atomic E-state index is 0.0559. The van der Waals surface area contributed by atoms with Crippen LogP contribution in [0.2, 0.25) is 5.02 Å². The van der Waals surface area contributed by atoms with Crippen LogP contribution in [0.15, 0.2) is 89.7 Å². The SMILES string of the molecule is CC1(C)CCC(CN2CCN(c3ccc(C(=O)NS(=O)(=O)c4cnc(NCC5CCOCC5)c([N+](=O)[O-])c4)c(Oc4cnc5[nH]ccc5c4)c3)CC2)=C(c2ccc(Cl)cc2)C1. The van der Waals surface area contributed by atoms with E-state index in [0.29, 0.717) is 31.2 Å². The van der Waals surface area contributed by atoms with Gasteiger partial charge in [0.1, 0.15) is 22.0 Å². The number of allylic oxidation sites excluding steroid dienone is 1. The summed E-state index contributed by atoms with van der Waals surface area (Å²) in [6.45, 7) is 10.2. The smallest absolute Gasteiger partial charge is 0.312 e. The molecule has 0 atom stereocenters. The lowest BCUT2D eigenvalue weighted by Crippen LogP contribution is -2.47. The Morgan fingerprint density at radius 3 is 2.56 bits per heavy atom. The van der Waals surface area contributed by atoms with Crippen molar-refractivity contribution in [2.75, 3.05) is 62.7 Å². The molecule has 3 aliphatic rings. The van der Waals surface area contributed by atoms with Crippen LogP contribution < -0.4 is 19.7 Å². The molecule has 3 N–H and O–H groups in total. The van der Waals surface area contributed by atoms with Gasteiger partial charge >= 0.3 is 5.69 Å². The van der Waals surface area contributed by atoms with Gasteiger partial charge < -0.3 is 24.7 Å². The Morgan fingerprint density at radius 1 is 1.03 bits per heavy atom. The first-order valence-corrected chi connectivity index (χ1v) is 22.4. The maximum Gasteiger partial charge on any atom is 0.312 e. The van der Waals surface area contributed by atoms with Gasteiger partial charge in [-0.25, -0.2) is 23.1 Å². The number of nitro groups is 1. The molecule has 320 valence electrons. The summed E-state index contributed by atoms with van der Waals surface area (Å²) in [5.74, 6) is -0.344. The number of halogens is 1. The van der Waals surface area contributed by atoms with Crippen molar-refractivity contribution >= 4 is 61.3 Å². The van der Waals surface area contributed by atoms with Gasteiger partial charge in [0.05, 0.1) is 22.9 Å². The fraction of sp³-hybridized carbons (Fsp3) is 0.386. The van der Waals surface area contributed by atoms with Crippen molar-refractivity contribution in [2.24, 2.45) is 11.3 Å². The third-order valence-electron chi connectivity index (χ3n) is 11.8. The first-order valence-electron chi connectivity index (χ1n) is 20.5. The summed E-state index contributed by atoms with van der Waals surface area (Å²) in [5, 5.41) is 16.5. The number of carbonyl (C=O) groups is 1. The summed E-state index contributed by atoms with van der Waals surface area (Å²) >= 11 is 6.24. The highest BCUT2D eigenvalue weighted by molar-refractivity contribution is 7.90. The number of fused-ring (bicyclic) bond motifs is 1. The molecule has 1 aliphatic carbocycles. The largest absolute Gasteiger partial charge is 0.455 e. The first-order chi connectivity index (χ1) is 29.3. The fourth-order valence-electron chi connectivity index (χ4n) is 8.26. The summed E-state index contributed by atoms with van der Waals surface area (Å²) < 4.78 is 41.0. The molecule has 0 bridgehead atoms. The predicted molar refractivity (Wildman–Crippen MR) is 235 cm³/mol. The number of hydrogen-bond donors (Lipinski definition) is 3. The van der Waals surface area contributed by atoms with Gasteiger partial charge in [-0.05, 0) is 91.0 Å². The average molecular weight is 869 g/mol. The Balaban J connectivity index is 1.00. The summed E-state index contributed by atoms with van der Waals surface area (Å²) in [5.41, 5.74) is 5.20. The van der Waals surface area contributed by atoms with Crippen LogP contribution in [0, 0.1) is 21.4 Å². The van der Waals surface area contributed by atoms with E-state index >= 15 is 0 Å². The maximum atomic E-state index is 13.9. The third kappa shape index (κ3) is 9.99. The van der Waals surface area contributed by atoms with Crippen molar-refractivity contribution in [2.45, 2.75) is 50.8 Å². The van der Waals surface area contributed by atoms with Crippen molar-refractivity contribution in [3.63, 3.8) is 0 Å². The van der Waals surface area contributed by atoms with Crippen LogP contribution in [0.25, 0.3) is 16.6 Å². The fourth-order valence-corrected chi connectivity index (χ4v) is 9.32. The van der Waals surface area contributed by atoms with Gasteiger partial charge in [-0.15, -0.1) is 0 Å². The second-order valence-corrected chi connectivity index (χ2v) is 18.8. The van der Waals surface area contributed by atoms with Gasteiger partial charge in [0, 0.05) is 86.9 Å². The van der Waals surface area contributed by atoms with E-state index in [1.165, 1.54) is 29.0 Å². The first kappa shape index (κ1) is 42.2. The molecule has 17 heteroatoms. The highest BCUT2D eigenvalue weighted by atomic mass is 35.5. The Labute approximate surface area is 359 Å². The molecule has 5 heterocycles. The molecule has 3 aromatic heterocycles. The molecule has 61 heavy (non-hydrogen) atoms. The maximum absolute atomic E-state index is 13.9. The quantitative estimate of drug-likeness (QED) is 0.0765. The monoisotopic (exact) mass is 868 g/mol. The van der Waals surface area contributed by atoms with Gasteiger partial charge in [-0.2, -0.15) is 0 Å². The number of H-pyrrole nitrogens is 1. The second kappa shape index (κ2) is 17.8. The summed E-state index contributed by atoms with van der Waals surface area (Å²) in [7, 11) is -4.61. The molecule has 2 aliphatic heterocycles. The molecular formula is C44H49ClN8O7S. The third-order valence-corrected chi connectivity index (χ3v) is 13.4. The molecule has 2 fully saturated rings. The number of amides is 1. The van der Waals surface area contributed by atoms with E-state index in [-0.39, 0.29) is 28.5 Å². The summed E-state index contributed by atoms with van der Waals surface area (Å²) in [4.78, 5) is 40.9. The molecule has 0 radical (unpaired) electrons. The van der Waals surface area contributed by atoms with Crippen molar-refractivity contribution in [1.82, 2.24) is 24.6 Å². The highest BCUT2D eigenvalue weighted by Gasteiger charge is 2.31. The second-order valence-electron chi connectivity index (χ2n) is 16.7. The molecule has 0 saturated carbocycles. The molecule has 2 aromatic carbocycles. The van der Waals surface area contributed by atoms with Gasteiger partial charge in [0.2, 0.25) is 5.82 Å². The van der Waals surface area contributed by atoms with Gasteiger partial charge in [0.15, 0.2) is 0 Å². The van der Waals surface area contributed by atoms with Crippen LogP contribution in [0.5, 0.6) is 11.5 Å². The number of nitrogens with zero attached hydrogens (tertiary/aromatic N) is 5. The molecule has 0 spiro atoms. The van der Waals surface area contributed by atoms with E-state index in [4.69, 9.17) is 21.1 Å². The normalized spacial score (nSPS) is 17.7. The lowest BCUT2D eigenvalue weighted by molar-refractivity contribution is -0.384. The van der Waals surface area contributed by atoms with E-state index in [2.05, 4.69) is 60.8 Å². The number of benzene rings is 2. The Hall–Kier alpha value is -5.55. The zero-order chi connectivity index (χ0) is 42.7. The number of ether oxygens (including phenoxy) is 2. The molecular weight excluding hydrogens is 820 g/mol. The van der Waals surface area contributed by atoms with Crippen LogP contribution in [-0.4, -0.2) is 91.6 Å². The number of aromatic amines is 1. The number of hydrogen-bond acceptors (Lipinski definition) is 12. The summed E-state index contributed by atoms with van der Waals surface area (Å²) in [6, 6.07) is 17.7. The number of anilines is 2. The Morgan fingerprint density at radius 2 is 1.80 bits per heavy atom. The highest BCUT2D eigenvalue weighted by Crippen LogP contribution is 2.43. The zero-order valence-corrected chi connectivity index (χ0v) is 35.7. The Bertz CT molecular complexity index is 2570. The number of sulfonamides is 1. The van der Waals surface area contributed by atoms with E-state index in [9.17, 15) is 23.3 Å². The van der Waals surface area contributed by atoms with E-state index < -0.39 is 31.4 Å². The van der Waals surface area contributed by atoms with E-state index in [1.807, 2.05) is 18.2 Å². The standard InChI is InChI=1S/C44H49ClN8O7S/c1-44(2)13-9-32(38(24-44)30-3-5-33(45)6-4-30)28-51-15-17-52(18-16-51)34-7-8-37(40(22-34)60-35-21-31-10-14-46-41(31)48-26-35)43(54)50-61(57,58)36-23-39(53(55)56)42(49-27-36)47-25-29-11-19-59-20-12-29/h3-8,10,14,21-23,26-27,29H,9,11-13,15-20,24-25,28H2,1-2H3,(H,46,48)(H,47,49)(H,50,54). The van der Waals surface area contributed by atoms with Crippen LogP contribution in [0.4, 0.5) is 17.2 Å². The van der Waals surface area contributed by atoms with Crippen molar-refractivity contribution in [3.05, 3.63) is 111 Å². The molecule has 5 aromatic rings. The van der Waals surface area contributed by atoms with Gasteiger partial charge in [0.25, 0.3) is 15.9 Å². The van der Waals surface area contributed by atoms with Crippen molar-refractivity contribution in [3.8, 4) is 11.5 Å². The predicted octanol–water partition coefficient (Wildman–Crippen LogP) is 8.05. The van der Waals surface area contributed by atoms with Crippen molar-refractivity contribution < 1.29 is 27.6 Å². The number of aromatic nitrogens is 3. The topological polar surface area (TPSA) is 185 Å². The molecule has 2 saturated heterocycles. The summed E-state index contributed by atoms with van der Waals surface area (Å²) in [6.07, 6.45) is 9.05. The number of rotatable bonds is 13. The van der Waals surface area contributed by atoms with E-state index in [0.717, 1.165) is 93.2 Å². The molecule has 1 amide bonds. The number of carbonyl (C=O) groups excluding carboxylic acids is 1. The average Bonchev–Trinajstić information content (AvgIpc) is 3.72. The zero-order valence-electron chi connectivity index (χ0n) is 34.2. The number of piperazine rings is 1.